The minimum absolute atomic E-state index is 0. The Kier molecular flexibility index (Phi) is 16.8. The zero-order valence-electron chi connectivity index (χ0n) is 5.11. The summed E-state index contributed by atoms with van der Waals surface area (Å²) in [5.41, 5.74) is 0. The maximum atomic E-state index is 8.74. The summed E-state index contributed by atoms with van der Waals surface area (Å²) in [4.78, 5) is 0. The minimum Gasteiger partial charge on any atom is -0.264 e. The first-order chi connectivity index (χ1) is 3.41. The van der Waals surface area contributed by atoms with Crippen LogP contribution in [0.25, 0.3) is 0 Å². The molecular weight excluding hydrogens is 171 g/mol. The van der Waals surface area contributed by atoms with Crippen LogP contribution in [0, 0.1) is 6.92 Å². The Morgan fingerprint density at radius 2 is 1.44 bits per heavy atom. The molecule has 0 atom stereocenters. The fourth-order valence-corrected chi connectivity index (χ4v) is 0. The van der Waals surface area contributed by atoms with Crippen LogP contribution in [-0.4, -0.2) is 17.5 Å². The Hall–Kier alpha value is 1.12. The van der Waals surface area contributed by atoms with Gasteiger partial charge in [0, 0.05) is 0 Å². The zero-order valence-corrected chi connectivity index (χ0v) is 9.05. The van der Waals surface area contributed by atoms with Gasteiger partial charge in [-0.3, -0.25) is 9.11 Å². The van der Waals surface area contributed by atoms with Crippen molar-refractivity contribution >= 4 is 10.4 Å². The molecule has 0 aliphatic carbocycles. The first-order valence-corrected chi connectivity index (χ1v) is 2.91. The molecule has 0 saturated carbocycles. The van der Waals surface area contributed by atoms with Crippen molar-refractivity contribution in [3.05, 3.63) is 19.6 Å². The molecular formula is C3H7KO4S. The first-order valence-electron chi connectivity index (χ1n) is 1.51. The standard InChI is InChI=1S/C3H5.K.H2O4S/c1-3-2;;1-5(2,3)4/h3H,1-2H2;;(H2,1,2,3,4)/q-1;+1;. The molecule has 0 unspecified atom stereocenters. The SMILES string of the molecule is C=C[CH2-].O=S(=O)(O)O.[K+]. The molecule has 0 amide bonds. The van der Waals surface area contributed by atoms with Gasteiger partial charge < -0.3 is 0 Å². The molecule has 0 heterocycles. The van der Waals surface area contributed by atoms with Gasteiger partial charge in [0.1, 0.15) is 0 Å². The Labute approximate surface area is 97.3 Å². The summed E-state index contributed by atoms with van der Waals surface area (Å²) in [5, 5.41) is 0. The van der Waals surface area contributed by atoms with Crippen LogP contribution in [0.4, 0.5) is 0 Å². The molecule has 0 spiro atoms. The molecule has 0 saturated heterocycles. The Bertz CT molecular complexity index is 130. The normalized spacial score (nSPS) is 7.78. The second kappa shape index (κ2) is 9.12. The van der Waals surface area contributed by atoms with E-state index in [1.807, 2.05) is 0 Å². The number of rotatable bonds is 0. The van der Waals surface area contributed by atoms with E-state index in [0.717, 1.165) is 0 Å². The molecule has 0 aliphatic rings. The van der Waals surface area contributed by atoms with Gasteiger partial charge in [-0.25, -0.2) is 19.6 Å². The van der Waals surface area contributed by atoms with Crippen molar-refractivity contribution in [2.24, 2.45) is 0 Å². The molecule has 0 bridgehead atoms. The van der Waals surface area contributed by atoms with Gasteiger partial charge in [-0.15, -0.1) is 0 Å². The van der Waals surface area contributed by atoms with Gasteiger partial charge in [-0.1, -0.05) is 0 Å². The van der Waals surface area contributed by atoms with Gasteiger partial charge in [0.05, 0.1) is 0 Å². The molecule has 6 heteroatoms. The third kappa shape index (κ3) is 370. The number of hydrogen-bond donors (Lipinski definition) is 2. The largest absolute Gasteiger partial charge is 1.00 e. The van der Waals surface area contributed by atoms with E-state index >= 15 is 0 Å². The number of hydrogen-bond acceptors (Lipinski definition) is 2. The van der Waals surface area contributed by atoms with Crippen LogP contribution in [-0.2, 0) is 10.4 Å². The van der Waals surface area contributed by atoms with E-state index in [1.165, 1.54) is 6.08 Å². The van der Waals surface area contributed by atoms with Crippen LogP contribution >= 0.6 is 0 Å². The third-order valence-electron chi connectivity index (χ3n) is 0. The van der Waals surface area contributed by atoms with Gasteiger partial charge >= 0.3 is 61.8 Å². The monoisotopic (exact) mass is 178 g/mol. The summed E-state index contributed by atoms with van der Waals surface area (Å²) < 4.78 is 31.6. The summed E-state index contributed by atoms with van der Waals surface area (Å²) in [5.74, 6) is 0. The second-order valence-corrected chi connectivity index (χ2v) is 1.63. The molecule has 0 radical (unpaired) electrons. The number of allylic oxidation sites excluding steroid dienone is 1. The topological polar surface area (TPSA) is 74.6 Å². The maximum absolute atomic E-state index is 8.74. The molecule has 50 valence electrons. The van der Waals surface area contributed by atoms with Crippen LogP contribution in [0.1, 0.15) is 0 Å². The van der Waals surface area contributed by atoms with Crippen LogP contribution in [0.2, 0.25) is 0 Å². The molecule has 0 aliphatic heterocycles. The average molecular weight is 178 g/mol. The summed E-state index contributed by atoms with van der Waals surface area (Å²) >= 11 is 0. The van der Waals surface area contributed by atoms with Gasteiger partial charge in [0.2, 0.25) is 0 Å². The molecule has 0 fully saturated rings. The molecule has 0 aromatic rings. The molecule has 0 aromatic heterocycles. The predicted molar refractivity (Wildman–Crippen MR) is 29.7 cm³/mol. The van der Waals surface area contributed by atoms with Crippen LogP contribution in [0.3, 0.4) is 0 Å². The van der Waals surface area contributed by atoms with Crippen molar-refractivity contribution in [2.75, 3.05) is 0 Å². The van der Waals surface area contributed by atoms with E-state index in [0.29, 0.717) is 0 Å². The van der Waals surface area contributed by atoms with E-state index in [2.05, 4.69) is 13.5 Å². The van der Waals surface area contributed by atoms with E-state index in [-0.39, 0.29) is 51.4 Å². The summed E-state index contributed by atoms with van der Waals surface area (Å²) in [6, 6.07) is 0. The summed E-state index contributed by atoms with van der Waals surface area (Å²) in [7, 11) is -4.67. The van der Waals surface area contributed by atoms with E-state index in [4.69, 9.17) is 17.5 Å². The van der Waals surface area contributed by atoms with Crippen molar-refractivity contribution in [3.8, 4) is 0 Å². The average Bonchev–Trinajstić information content (AvgIpc) is 1.27. The van der Waals surface area contributed by atoms with Crippen molar-refractivity contribution in [1.82, 2.24) is 0 Å². The van der Waals surface area contributed by atoms with Crippen molar-refractivity contribution in [1.29, 1.82) is 0 Å². The second-order valence-electron chi connectivity index (χ2n) is 0.737. The molecule has 4 nitrogen and oxygen atoms in total. The quantitative estimate of drug-likeness (QED) is 0.241. The van der Waals surface area contributed by atoms with Crippen LogP contribution < -0.4 is 51.4 Å². The van der Waals surface area contributed by atoms with E-state index in [9.17, 15) is 0 Å². The van der Waals surface area contributed by atoms with Crippen molar-refractivity contribution in [3.63, 3.8) is 0 Å². The fourth-order valence-electron chi connectivity index (χ4n) is 0. The van der Waals surface area contributed by atoms with E-state index < -0.39 is 10.4 Å². The van der Waals surface area contributed by atoms with Crippen molar-refractivity contribution in [2.45, 2.75) is 0 Å². The zero-order chi connectivity index (χ0) is 7.21. The summed E-state index contributed by atoms with van der Waals surface area (Å²) in [6.07, 6.45) is 1.50. The Morgan fingerprint density at radius 1 is 1.44 bits per heavy atom. The van der Waals surface area contributed by atoms with Gasteiger partial charge in [0.25, 0.3) is 0 Å². The molecule has 0 rings (SSSR count). The third-order valence-corrected chi connectivity index (χ3v) is 0. The molecule has 2 N–H and O–H groups in total. The van der Waals surface area contributed by atoms with E-state index in [1.54, 1.807) is 0 Å². The maximum Gasteiger partial charge on any atom is 1.00 e. The minimum atomic E-state index is -4.67. The van der Waals surface area contributed by atoms with Gasteiger partial charge in [-0.05, 0) is 0 Å². The van der Waals surface area contributed by atoms with Crippen molar-refractivity contribution < 1.29 is 68.9 Å². The molecule has 9 heavy (non-hydrogen) atoms. The fraction of sp³-hybridized carbons (Fsp3) is 0. The van der Waals surface area contributed by atoms with Crippen LogP contribution in [0.5, 0.6) is 0 Å². The first kappa shape index (κ1) is 16.6. The predicted octanol–water partition coefficient (Wildman–Crippen LogP) is -2.64. The summed E-state index contributed by atoms with van der Waals surface area (Å²) in [6.45, 7) is 6.50. The van der Waals surface area contributed by atoms with Gasteiger partial charge in [0.15, 0.2) is 0 Å². The van der Waals surface area contributed by atoms with Gasteiger partial charge in [-0.2, -0.15) is 8.42 Å². The van der Waals surface area contributed by atoms with Crippen LogP contribution in [0.15, 0.2) is 12.7 Å². The molecule has 0 aromatic carbocycles. The smallest absolute Gasteiger partial charge is 0.264 e. The Balaban J connectivity index is -0.0000000800. The Morgan fingerprint density at radius 3 is 1.44 bits per heavy atom.